The zero-order chi connectivity index (χ0) is 23.2. The number of nitrogens with zero attached hydrogens (tertiary/aromatic N) is 3. The van der Waals surface area contributed by atoms with Crippen LogP contribution in [0, 0.1) is 0 Å². The van der Waals surface area contributed by atoms with Crippen molar-refractivity contribution in [2.24, 2.45) is 0 Å². The van der Waals surface area contributed by atoms with Gasteiger partial charge in [-0.1, -0.05) is 64.8 Å². The first-order chi connectivity index (χ1) is 16.0. The second-order valence-electron chi connectivity index (χ2n) is 6.77. The van der Waals surface area contributed by atoms with Gasteiger partial charge < -0.3 is 10.1 Å². The number of aromatic nitrogens is 3. The molecule has 0 aliphatic heterocycles. The molecule has 33 heavy (non-hydrogen) atoms. The number of hydrogen-bond acceptors (Lipinski definition) is 5. The van der Waals surface area contributed by atoms with Gasteiger partial charge in [0.05, 0.1) is 16.5 Å². The van der Waals surface area contributed by atoms with Gasteiger partial charge in [0.2, 0.25) is 5.91 Å². The highest BCUT2D eigenvalue weighted by Gasteiger charge is 2.17. The SMILES string of the molecule is O=C(CSc1nnc(COc2ccccc2)n1-c1ccc(Cl)cc1)Nc1ccc(Cl)cc1Cl. The molecule has 0 bridgehead atoms. The van der Waals surface area contributed by atoms with Crippen LogP contribution in [0.3, 0.4) is 0 Å². The van der Waals surface area contributed by atoms with Crippen molar-refractivity contribution in [3.8, 4) is 11.4 Å². The van der Waals surface area contributed by atoms with Crippen LogP contribution in [0.5, 0.6) is 5.75 Å². The highest BCUT2D eigenvalue weighted by Crippen LogP contribution is 2.27. The maximum atomic E-state index is 12.5. The van der Waals surface area contributed by atoms with Gasteiger partial charge >= 0.3 is 0 Å². The number of anilines is 1. The summed E-state index contributed by atoms with van der Waals surface area (Å²) < 4.78 is 7.70. The summed E-state index contributed by atoms with van der Waals surface area (Å²) in [6.45, 7) is 0.201. The Morgan fingerprint density at radius 1 is 0.939 bits per heavy atom. The van der Waals surface area contributed by atoms with Gasteiger partial charge in [-0.2, -0.15) is 0 Å². The molecule has 1 N–H and O–H groups in total. The van der Waals surface area contributed by atoms with E-state index in [-0.39, 0.29) is 18.3 Å². The zero-order valence-electron chi connectivity index (χ0n) is 17.0. The third kappa shape index (κ3) is 6.21. The van der Waals surface area contributed by atoms with Crippen molar-refractivity contribution >= 4 is 58.2 Å². The Hall–Kier alpha value is -2.71. The number of hydrogen-bond donors (Lipinski definition) is 1. The van der Waals surface area contributed by atoms with Crippen LogP contribution in [0.25, 0.3) is 5.69 Å². The van der Waals surface area contributed by atoms with Crippen LogP contribution in [0.1, 0.15) is 5.82 Å². The Morgan fingerprint density at radius 3 is 2.39 bits per heavy atom. The van der Waals surface area contributed by atoms with Crippen LogP contribution in [0.2, 0.25) is 15.1 Å². The van der Waals surface area contributed by atoms with Crippen LogP contribution in [-0.4, -0.2) is 26.4 Å². The summed E-state index contributed by atoms with van der Waals surface area (Å²) >= 11 is 19.3. The number of benzene rings is 3. The van der Waals surface area contributed by atoms with Gasteiger partial charge in [-0.25, -0.2) is 0 Å². The first kappa shape index (κ1) is 23.4. The average Bonchev–Trinajstić information content (AvgIpc) is 3.22. The average molecular weight is 520 g/mol. The van der Waals surface area contributed by atoms with Crippen molar-refractivity contribution in [3.63, 3.8) is 0 Å². The minimum absolute atomic E-state index is 0.101. The van der Waals surface area contributed by atoms with E-state index in [0.29, 0.717) is 31.7 Å². The van der Waals surface area contributed by atoms with E-state index in [4.69, 9.17) is 39.5 Å². The molecule has 0 saturated heterocycles. The molecular formula is C23H17Cl3N4O2S. The van der Waals surface area contributed by atoms with Gasteiger partial charge in [0, 0.05) is 15.7 Å². The topological polar surface area (TPSA) is 69.0 Å². The summed E-state index contributed by atoms with van der Waals surface area (Å²) in [4.78, 5) is 12.5. The lowest BCUT2D eigenvalue weighted by Crippen LogP contribution is -2.15. The lowest BCUT2D eigenvalue weighted by Gasteiger charge is -2.12. The molecule has 1 amide bonds. The Labute approximate surface area is 209 Å². The molecule has 0 aliphatic rings. The maximum absolute atomic E-state index is 12.5. The molecule has 1 aromatic heterocycles. The molecule has 0 fully saturated rings. The fourth-order valence-corrected chi connectivity index (χ4v) is 4.26. The molecule has 0 atom stereocenters. The van der Waals surface area contributed by atoms with E-state index in [1.54, 1.807) is 30.3 Å². The van der Waals surface area contributed by atoms with Crippen molar-refractivity contribution in [2.75, 3.05) is 11.1 Å². The van der Waals surface area contributed by atoms with Gasteiger partial charge in [0.15, 0.2) is 11.0 Å². The van der Waals surface area contributed by atoms with Crippen molar-refractivity contribution in [1.82, 2.24) is 14.8 Å². The van der Waals surface area contributed by atoms with E-state index >= 15 is 0 Å². The lowest BCUT2D eigenvalue weighted by molar-refractivity contribution is -0.113. The second-order valence-corrected chi connectivity index (χ2v) is 9.00. The number of carbonyl (C=O) groups is 1. The van der Waals surface area contributed by atoms with Crippen molar-refractivity contribution < 1.29 is 9.53 Å². The van der Waals surface area contributed by atoms with E-state index in [0.717, 1.165) is 11.4 Å². The number of halogens is 3. The Balaban J connectivity index is 1.51. The Bertz CT molecular complexity index is 1250. The van der Waals surface area contributed by atoms with Crippen LogP contribution in [-0.2, 0) is 11.4 Å². The number of amides is 1. The first-order valence-corrected chi connectivity index (χ1v) is 11.9. The molecule has 4 aromatic rings. The van der Waals surface area contributed by atoms with E-state index in [1.165, 1.54) is 11.8 Å². The molecule has 6 nitrogen and oxygen atoms in total. The summed E-state index contributed by atoms with van der Waals surface area (Å²) in [6.07, 6.45) is 0. The zero-order valence-corrected chi connectivity index (χ0v) is 20.1. The molecule has 0 aliphatic carbocycles. The Kier molecular flexibility index (Phi) is 7.77. The summed E-state index contributed by atoms with van der Waals surface area (Å²) in [6, 6.07) is 21.6. The smallest absolute Gasteiger partial charge is 0.234 e. The maximum Gasteiger partial charge on any atom is 0.234 e. The van der Waals surface area contributed by atoms with Crippen molar-refractivity contribution in [2.45, 2.75) is 11.8 Å². The van der Waals surface area contributed by atoms with Crippen molar-refractivity contribution in [1.29, 1.82) is 0 Å². The molecule has 0 radical (unpaired) electrons. The summed E-state index contributed by atoms with van der Waals surface area (Å²) in [7, 11) is 0. The van der Waals surface area contributed by atoms with Gasteiger partial charge in [0.25, 0.3) is 0 Å². The normalized spacial score (nSPS) is 10.8. The lowest BCUT2D eigenvalue weighted by atomic mass is 10.3. The molecule has 0 spiro atoms. The standard InChI is InChI=1S/C23H17Cl3N4O2S/c24-15-6-9-17(10-7-15)30-21(13-32-18-4-2-1-3-5-18)28-29-23(30)33-14-22(31)27-20-11-8-16(25)12-19(20)26/h1-12H,13-14H2,(H,27,31). The van der Waals surface area contributed by atoms with Gasteiger partial charge in [-0.3, -0.25) is 9.36 Å². The minimum atomic E-state index is -0.239. The molecular weight excluding hydrogens is 503 g/mol. The first-order valence-electron chi connectivity index (χ1n) is 9.75. The number of para-hydroxylation sites is 1. The second kappa shape index (κ2) is 10.9. The monoisotopic (exact) mass is 518 g/mol. The number of ether oxygens (including phenoxy) is 1. The number of rotatable bonds is 8. The van der Waals surface area contributed by atoms with E-state index in [2.05, 4.69) is 15.5 Å². The van der Waals surface area contributed by atoms with E-state index < -0.39 is 0 Å². The molecule has 3 aromatic carbocycles. The molecule has 0 saturated carbocycles. The molecule has 4 rings (SSSR count). The third-order valence-electron chi connectivity index (χ3n) is 4.43. The quantitative estimate of drug-likeness (QED) is 0.268. The fourth-order valence-electron chi connectivity index (χ4n) is 2.91. The Morgan fingerprint density at radius 2 is 1.67 bits per heavy atom. The molecule has 1 heterocycles. The summed E-state index contributed by atoms with van der Waals surface area (Å²) in [5, 5.41) is 13.4. The van der Waals surface area contributed by atoms with Crippen LogP contribution in [0.15, 0.2) is 78.0 Å². The third-order valence-corrected chi connectivity index (χ3v) is 6.16. The van der Waals surface area contributed by atoms with Gasteiger partial charge in [0.1, 0.15) is 12.4 Å². The van der Waals surface area contributed by atoms with Crippen molar-refractivity contribution in [3.05, 3.63) is 93.7 Å². The fraction of sp³-hybridized carbons (Fsp3) is 0.0870. The predicted octanol–water partition coefficient (Wildman–Crippen LogP) is 6.54. The van der Waals surface area contributed by atoms with Gasteiger partial charge in [-0.15, -0.1) is 10.2 Å². The van der Waals surface area contributed by atoms with Gasteiger partial charge in [-0.05, 0) is 54.6 Å². The highest BCUT2D eigenvalue weighted by atomic mass is 35.5. The minimum Gasteiger partial charge on any atom is -0.486 e. The molecule has 0 unspecified atom stereocenters. The van der Waals surface area contributed by atoms with Crippen LogP contribution < -0.4 is 10.1 Å². The summed E-state index contributed by atoms with van der Waals surface area (Å²) in [5.41, 5.74) is 1.29. The number of nitrogens with one attached hydrogen (secondary N) is 1. The number of carbonyl (C=O) groups excluding carboxylic acids is 1. The number of thioether (sulfide) groups is 1. The highest BCUT2D eigenvalue weighted by molar-refractivity contribution is 7.99. The predicted molar refractivity (Wildman–Crippen MR) is 133 cm³/mol. The van der Waals surface area contributed by atoms with Crippen LogP contribution >= 0.6 is 46.6 Å². The molecule has 168 valence electrons. The largest absolute Gasteiger partial charge is 0.486 e. The summed E-state index contributed by atoms with van der Waals surface area (Å²) in [5.74, 6) is 1.17. The van der Waals surface area contributed by atoms with E-state index in [1.807, 2.05) is 47.0 Å². The molecule has 10 heteroatoms. The van der Waals surface area contributed by atoms with E-state index in [9.17, 15) is 4.79 Å². The van der Waals surface area contributed by atoms with Crippen LogP contribution in [0.4, 0.5) is 5.69 Å².